The molecule has 0 amide bonds. The SMILES string of the molecule is Cc1nn(C)c(N(CCC#N)C2CC2)c1[N+](=O)[O-]. The lowest BCUT2D eigenvalue weighted by Crippen LogP contribution is -2.29. The Morgan fingerprint density at radius 2 is 2.33 bits per heavy atom. The van der Waals surface area contributed by atoms with Crippen molar-refractivity contribution in [3.63, 3.8) is 0 Å². The molecule has 1 fully saturated rings. The maximum absolute atomic E-state index is 11.1. The third kappa shape index (κ3) is 2.14. The predicted molar refractivity (Wildman–Crippen MR) is 65.2 cm³/mol. The van der Waals surface area contributed by atoms with Crippen LogP contribution in [0.1, 0.15) is 25.0 Å². The Hall–Kier alpha value is -2.10. The molecule has 0 spiro atoms. The molecule has 18 heavy (non-hydrogen) atoms. The fourth-order valence-corrected chi connectivity index (χ4v) is 2.19. The van der Waals surface area contributed by atoms with Gasteiger partial charge in [-0.05, 0) is 19.8 Å². The third-order valence-corrected chi connectivity index (χ3v) is 3.07. The van der Waals surface area contributed by atoms with E-state index >= 15 is 0 Å². The van der Waals surface area contributed by atoms with E-state index in [0.717, 1.165) is 12.8 Å². The Kier molecular flexibility index (Phi) is 3.19. The molecule has 0 bridgehead atoms. The second-order valence-electron chi connectivity index (χ2n) is 4.47. The number of aromatic nitrogens is 2. The van der Waals surface area contributed by atoms with Crippen molar-refractivity contribution < 1.29 is 4.92 Å². The Bertz CT molecular complexity index is 512. The number of anilines is 1. The van der Waals surface area contributed by atoms with E-state index in [0.29, 0.717) is 30.5 Å². The molecule has 7 heteroatoms. The predicted octanol–water partition coefficient (Wildman–Crippen LogP) is 1.52. The van der Waals surface area contributed by atoms with Crippen LogP contribution in [0, 0.1) is 28.4 Å². The molecule has 0 N–H and O–H groups in total. The third-order valence-electron chi connectivity index (χ3n) is 3.07. The number of hydrogen-bond acceptors (Lipinski definition) is 5. The normalized spacial score (nSPS) is 14.3. The van der Waals surface area contributed by atoms with Gasteiger partial charge in [0, 0.05) is 19.6 Å². The Morgan fingerprint density at radius 1 is 1.67 bits per heavy atom. The Morgan fingerprint density at radius 3 is 2.83 bits per heavy atom. The second-order valence-corrected chi connectivity index (χ2v) is 4.47. The summed E-state index contributed by atoms with van der Waals surface area (Å²) < 4.78 is 1.54. The van der Waals surface area contributed by atoms with Crippen LogP contribution >= 0.6 is 0 Å². The van der Waals surface area contributed by atoms with E-state index < -0.39 is 0 Å². The van der Waals surface area contributed by atoms with Gasteiger partial charge >= 0.3 is 5.69 Å². The quantitative estimate of drug-likeness (QED) is 0.583. The first kappa shape index (κ1) is 12.4. The van der Waals surface area contributed by atoms with Crippen molar-refractivity contribution >= 4 is 11.5 Å². The van der Waals surface area contributed by atoms with Crippen molar-refractivity contribution in [1.82, 2.24) is 9.78 Å². The summed E-state index contributed by atoms with van der Waals surface area (Å²) in [4.78, 5) is 12.7. The topological polar surface area (TPSA) is 88.0 Å². The summed E-state index contributed by atoms with van der Waals surface area (Å²) in [6.07, 6.45) is 2.40. The second kappa shape index (κ2) is 4.64. The average Bonchev–Trinajstić information content (AvgIpc) is 3.06. The van der Waals surface area contributed by atoms with Gasteiger partial charge in [0.15, 0.2) is 0 Å². The molecule has 1 aromatic rings. The van der Waals surface area contributed by atoms with Gasteiger partial charge in [0.25, 0.3) is 0 Å². The summed E-state index contributed by atoms with van der Waals surface area (Å²) >= 11 is 0. The van der Waals surface area contributed by atoms with Crippen LogP contribution in [0.3, 0.4) is 0 Å². The van der Waals surface area contributed by atoms with Gasteiger partial charge in [-0.2, -0.15) is 10.4 Å². The van der Waals surface area contributed by atoms with Crippen molar-refractivity contribution in [3.05, 3.63) is 15.8 Å². The number of nitriles is 1. The van der Waals surface area contributed by atoms with E-state index in [2.05, 4.69) is 11.2 Å². The van der Waals surface area contributed by atoms with Gasteiger partial charge in [0.1, 0.15) is 5.69 Å². The average molecular weight is 249 g/mol. The van der Waals surface area contributed by atoms with E-state index in [-0.39, 0.29) is 10.6 Å². The lowest BCUT2D eigenvalue weighted by Gasteiger charge is -2.22. The molecule has 0 aromatic carbocycles. The van der Waals surface area contributed by atoms with Crippen molar-refractivity contribution in [1.29, 1.82) is 5.26 Å². The summed E-state index contributed by atoms with van der Waals surface area (Å²) in [5, 5.41) is 23.9. The van der Waals surface area contributed by atoms with E-state index in [1.807, 2.05) is 4.90 Å². The molecule has 96 valence electrons. The molecule has 1 aliphatic carbocycles. The standard InChI is InChI=1S/C11H15N5O2/c1-8-10(16(17)18)11(14(2)13-8)15(7-3-6-12)9-4-5-9/h9H,3-5,7H2,1-2H3. The highest BCUT2D eigenvalue weighted by atomic mass is 16.6. The zero-order valence-corrected chi connectivity index (χ0v) is 10.5. The summed E-state index contributed by atoms with van der Waals surface area (Å²) in [6.45, 7) is 2.15. The molecule has 1 aromatic heterocycles. The molecular formula is C11H15N5O2. The van der Waals surface area contributed by atoms with Crippen molar-refractivity contribution in [2.45, 2.75) is 32.2 Å². The van der Waals surface area contributed by atoms with Crippen LogP contribution in [0.4, 0.5) is 11.5 Å². The molecule has 1 heterocycles. The van der Waals surface area contributed by atoms with Crippen molar-refractivity contribution in [2.24, 2.45) is 7.05 Å². The maximum atomic E-state index is 11.1. The highest BCUT2D eigenvalue weighted by molar-refractivity contribution is 5.62. The Balaban J connectivity index is 2.40. The van der Waals surface area contributed by atoms with E-state index in [9.17, 15) is 10.1 Å². The van der Waals surface area contributed by atoms with Gasteiger partial charge in [-0.3, -0.25) is 10.1 Å². The number of nitro groups is 1. The summed E-state index contributed by atoms with van der Waals surface area (Å²) in [6, 6.07) is 2.40. The molecular weight excluding hydrogens is 234 g/mol. The fourth-order valence-electron chi connectivity index (χ4n) is 2.19. The van der Waals surface area contributed by atoms with Gasteiger partial charge in [0.2, 0.25) is 5.82 Å². The lowest BCUT2D eigenvalue weighted by atomic mass is 10.3. The highest BCUT2D eigenvalue weighted by Gasteiger charge is 2.36. The molecule has 0 unspecified atom stereocenters. The Labute approximate surface area is 105 Å². The van der Waals surface area contributed by atoms with Crippen LogP contribution in [0.25, 0.3) is 0 Å². The van der Waals surface area contributed by atoms with Crippen LogP contribution < -0.4 is 4.90 Å². The van der Waals surface area contributed by atoms with Crippen molar-refractivity contribution in [3.8, 4) is 6.07 Å². The number of aryl methyl sites for hydroxylation is 2. The monoisotopic (exact) mass is 249 g/mol. The van der Waals surface area contributed by atoms with Crippen LogP contribution in [-0.2, 0) is 7.05 Å². The number of rotatable bonds is 5. The zero-order valence-electron chi connectivity index (χ0n) is 10.5. The largest absolute Gasteiger partial charge is 0.347 e. The molecule has 0 atom stereocenters. The van der Waals surface area contributed by atoms with Crippen molar-refractivity contribution in [2.75, 3.05) is 11.4 Å². The molecule has 2 rings (SSSR count). The maximum Gasteiger partial charge on any atom is 0.333 e. The van der Waals surface area contributed by atoms with Crippen LogP contribution in [0.2, 0.25) is 0 Å². The summed E-state index contributed by atoms with van der Waals surface area (Å²) in [5.41, 5.74) is 0.474. The summed E-state index contributed by atoms with van der Waals surface area (Å²) in [5.74, 6) is 0.523. The summed E-state index contributed by atoms with van der Waals surface area (Å²) in [7, 11) is 1.71. The minimum absolute atomic E-state index is 0.0577. The molecule has 1 aliphatic rings. The van der Waals surface area contributed by atoms with E-state index in [1.54, 1.807) is 18.7 Å². The van der Waals surface area contributed by atoms with Gasteiger partial charge in [0.05, 0.1) is 17.4 Å². The van der Waals surface area contributed by atoms with Crippen LogP contribution in [0.5, 0.6) is 0 Å². The molecule has 0 saturated heterocycles. The highest BCUT2D eigenvalue weighted by Crippen LogP contribution is 2.38. The zero-order chi connectivity index (χ0) is 13.3. The van der Waals surface area contributed by atoms with Gasteiger partial charge < -0.3 is 4.90 Å². The van der Waals surface area contributed by atoms with Crippen LogP contribution in [0.15, 0.2) is 0 Å². The minimum Gasteiger partial charge on any atom is -0.347 e. The number of nitrogens with zero attached hydrogens (tertiary/aromatic N) is 5. The molecule has 0 radical (unpaired) electrons. The van der Waals surface area contributed by atoms with Gasteiger partial charge in [-0.15, -0.1) is 0 Å². The molecule has 1 saturated carbocycles. The first-order valence-electron chi connectivity index (χ1n) is 5.87. The van der Waals surface area contributed by atoms with Gasteiger partial charge in [-0.1, -0.05) is 0 Å². The lowest BCUT2D eigenvalue weighted by molar-refractivity contribution is -0.384. The van der Waals surface area contributed by atoms with E-state index in [1.165, 1.54) is 0 Å². The van der Waals surface area contributed by atoms with E-state index in [4.69, 9.17) is 5.26 Å². The fraction of sp³-hybridized carbons (Fsp3) is 0.636. The first-order valence-corrected chi connectivity index (χ1v) is 5.87. The first-order chi connectivity index (χ1) is 8.56. The minimum atomic E-state index is -0.389. The smallest absolute Gasteiger partial charge is 0.333 e. The molecule has 0 aliphatic heterocycles. The van der Waals surface area contributed by atoms with Crippen LogP contribution in [-0.4, -0.2) is 27.3 Å². The molecule has 7 nitrogen and oxygen atoms in total. The van der Waals surface area contributed by atoms with Gasteiger partial charge in [-0.25, -0.2) is 4.68 Å². The number of hydrogen-bond donors (Lipinski definition) is 0.